The van der Waals surface area contributed by atoms with Gasteiger partial charge < -0.3 is 10.2 Å². The van der Waals surface area contributed by atoms with Gasteiger partial charge in [-0.05, 0) is 73.0 Å². The zero-order valence-electron chi connectivity index (χ0n) is 24.6. The second-order valence-corrected chi connectivity index (χ2v) is 14.2. The maximum Gasteiger partial charge on any atom is 0.264 e. The third-order valence-electron chi connectivity index (χ3n) is 7.24. The summed E-state index contributed by atoms with van der Waals surface area (Å²) in [4.78, 5) is 29.9. The third-order valence-corrected chi connectivity index (χ3v) is 10.0. The first-order valence-electron chi connectivity index (χ1n) is 14.3. The van der Waals surface area contributed by atoms with E-state index in [4.69, 9.17) is 0 Å². The summed E-state index contributed by atoms with van der Waals surface area (Å²) in [6.45, 7) is 3.49. The first-order valence-corrected chi connectivity index (χ1v) is 17.3. The van der Waals surface area contributed by atoms with Crippen LogP contribution in [0.15, 0.2) is 123 Å². The molecule has 44 heavy (non-hydrogen) atoms. The van der Waals surface area contributed by atoms with Crippen LogP contribution in [0, 0.1) is 0 Å². The van der Waals surface area contributed by atoms with Crippen molar-refractivity contribution in [1.82, 2.24) is 10.2 Å². The van der Waals surface area contributed by atoms with Gasteiger partial charge in [0.15, 0.2) is 0 Å². The predicted molar refractivity (Wildman–Crippen MR) is 182 cm³/mol. The highest BCUT2D eigenvalue weighted by atomic mass is 79.9. The van der Waals surface area contributed by atoms with Crippen LogP contribution >= 0.6 is 31.9 Å². The molecule has 2 atom stereocenters. The molecule has 1 N–H and O–H groups in total. The Kier molecular flexibility index (Phi) is 11.8. The molecule has 0 aliphatic carbocycles. The standard InChI is InChI=1S/C34H35Br2N3O4S/c1-3-25(2)37-34(41)32(22-26-11-6-4-7-12-26)38(23-27-13-10-14-29(36)21-27)33(40)24-39(30-19-17-28(35)18-20-30)44(42,43)31-15-8-5-9-16-31/h4-21,25,32H,3,22-24H2,1-2H3,(H,37,41)/t25-,32+/m1/s1. The summed E-state index contributed by atoms with van der Waals surface area (Å²) in [6.07, 6.45) is 0.975. The molecule has 4 aromatic rings. The minimum atomic E-state index is -4.14. The number of amides is 2. The lowest BCUT2D eigenvalue weighted by Crippen LogP contribution is -2.54. The number of nitrogens with zero attached hydrogens (tertiary/aromatic N) is 2. The molecule has 4 aromatic carbocycles. The molecular formula is C34H35Br2N3O4S. The normalized spacial score (nSPS) is 12.6. The highest BCUT2D eigenvalue weighted by Gasteiger charge is 2.35. The summed E-state index contributed by atoms with van der Waals surface area (Å²) >= 11 is 6.91. The Labute approximate surface area is 276 Å². The molecule has 7 nitrogen and oxygen atoms in total. The van der Waals surface area contributed by atoms with Gasteiger partial charge in [-0.15, -0.1) is 0 Å². The van der Waals surface area contributed by atoms with Gasteiger partial charge in [0.1, 0.15) is 12.6 Å². The van der Waals surface area contributed by atoms with Crippen LogP contribution in [0.4, 0.5) is 5.69 Å². The Morgan fingerprint density at radius 2 is 1.41 bits per heavy atom. The number of nitrogens with one attached hydrogen (secondary N) is 1. The van der Waals surface area contributed by atoms with Crippen molar-refractivity contribution in [2.45, 2.75) is 50.2 Å². The van der Waals surface area contributed by atoms with Crippen molar-refractivity contribution in [3.63, 3.8) is 0 Å². The lowest BCUT2D eigenvalue weighted by Gasteiger charge is -2.34. The van der Waals surface area contributed by atoms with Crippen LogP contribution in [0.25, 0.3) is 0 Å². The van der Waals surface area contributed by atoms with Gasteiger partial charge in [0, 0.05) is 28.0 Å². The predicted octanol–water partition coefficient (Wildman–Crippen LogP) is 6.96. The van der Waals surface area contributed by atoms with Crippen molar-refractivity contribution in [3.8, 4) is 0 Å². The van der Waals surface area contributed by atoms with E-state index in [0.29, 0.717) is 5.69 Å². The van der Waals surface area contributed by atoms with Crippen molar-refractivity contribution in [2.75, 3.05) is 10.8 Å². The van der Waals surface area contributed by atoms with E-state index in [1.54, 1.807) is 42.5 Å². The first-order chi connectivity index (χ1) is 21.1. The number of carbonyl (C=O) groups excluding carboxylic acids is 2. The van der Waals surface area contributed by atoms with Gasteiger partial charge in [-0.25, -0.2) is 8.42 Å². The van der Waals surface area contributed by atoms with Gasteiger partial charge in [-0.1, -0.05) is 99.4 Å². The average Bonchev–Trinajstić information content (AvgIpc) is 3.02. The Bertz CT molecular complexity index is 1650. The summed E-state index contributed by atoms with van der Waals surface area (Å²) in [5.74, 6) is -0.805. The van der Waals surface area contributed by atoms with Crippen molar-refractivity contribution >= 4 is 59.4 Å². The molecule has 0 aromatic heterocycles. The molecule has 0 aliphatic rings. The number of hydrogen-bond donors (Lipinski definition) is 1. The van der Waals surface area contributed by atoms with Crippen LogP contribution in [0.2, 0.25) is 0 Å². The van der Waals surface area contributed by atoms with Gasteiger partial charge in [0.05, 0.1) is 10.6 Å². The molecule has 0 spiro atoms. The van der Waals surface area contributed by atoms with Crippen molar-refractivity contribution in [2.24, 2.45) is 0 Å². The first kappa shape index (κ1) is 33.4. The molecule has 0 heterocycles. The topological polar surface area (TPSA) is 86.8 Å². The molecule has 230 valence electrons. The van der Waals surface area contributed by atoms with E-state index in [2.05, 4.69) is 37.2 Å². The summed E-state index contributed by atoms with van der Waals surface area (Å²) in [5, 5.41) is 3.05. The zero-order chi connectivity index (χ0) is 31.7. The Morgan fingerprint density at radius 3 is 2.02 bits per heavy atom. The minimum absolute atomic E-state index is 0.0598. The molecule has 2 amide bonds. The highest BCUT2D eigenvalue weighted by Crippen LogP contribution is 2.27. The van der Waals surface area contributed by atoms with E-state index >= 15 is 0 Å². The largest absolute Gasteiger partial charge is 0.352 e. The number of hydrogen-bond acceptors (Lipinski definition) is 4. The van der Waals surface area contributed by atoms with E-state index in [-0.39, 0.29) is 29.8 Å². The maximum atomic E-state index is 14.5. The van der Waals surface area contributed by atoms with Gasteiger partial charge in [0.25, 0.3) is 10.0 Å². The molecule has 0 unspecified atom stereocenters. The zero-order valence-corrected chi connectivity index (χ0v) is 28.6. The molecular weight excluding hydrogens is 706 g/mol. The number of rotatable bonds is 13. The number of carbonyl (C=O) groups is 2. The van der Waals surface area contributed by atoms with Gasteiger partial charge in [-0.3, -0.25) is 13.9 Å². The smallest absolute Gasteiger partial charge is 0.264 e. The molecule has 10 heteroatoms. The lowest BCUT2D eigenvalue weighted by molar-refractivity contribution is -0.140. The fourth-order valence-electron chi connectivity index (χ4n) is 4.68. The van der Waals surface area contributed by atoms with E-state index < -0.39 is 28.5 Å². The van der Waals surface area contributed by atoms with Gasteiger partial charge in [-0.2, -0.15) is 0 Å². The fourth-order valence-corrected chi connectivity index (χ4v) is 6.83. The van der Waals surface area contributed by atoms with Crippen LogP contribution in [0.3, 0.4) is 0 Å². The van der Waals surface area contributed by atoms with Crippen molar-refractivity contribution in [3.05, 3.63) is 129 Å². The molecule has 0 saturated heterocycles. The molecule has 4 rings (SSSR count). The van der Waals surface area contributed by atoms with Crippen LogP contribution in [-0.4, -0.2) is 43.8 Å². The SMILES string of the molecule is CC[C@@H](C)NC(=O)[C@H](Cc1ccccc1)N(Cc1cccc(Br)c1)C(=O)CN(c1ccc(Br)cc1)S(=O)(=O)c1ccccc1. The van der Waals surface area contributed by atoms with Crippen LogP contribution < -0.4 is 9.62 Å². The lowest BCUT2D eigenvalue weighted by atomic mass is 10.0. The Balaban J connectivity index is 1.80. The van der Waals surface area contributed by atoms with Crippen molar-refractivity contribution in [1.29, 1.82) is 0 Å². The van der Waals surface area contributed by atoms with Crippen molar-refractivity contribution < 1.29 is 18.0 Å². The molecule has 0 bridgehead atoms. The maximum absolute atomic E-state index is 14.5. The van der Waals surface area contributed by atoms with E-state index in [9.17, 15) is 18.0 Å². The van der Waals surface area contributed by atoms with Crippen LogP contribution in [0.5, 0.6) is 0 Å². The van der Waals surface area contributed by atoms with E-state index in [1.807, 2.05) is 68.4 Å². The summed E-state index contributed by atoms with van der Waals surface area (Å²) < 4.78 is 30.7. The summed E-state index contributed by atoms with van der Waals surface area (Å²) in [5.41, 5.74) is 2.00. The minimum Gasteiger partial charge on any atom is -0.352 e. The summed E-state index contributed by atoms with van der Waals surface area (Å²) in [6, 6.07) is 30.8. The Morgan fingerprint density at radius 1 is 0.795 bits per heavy atom. The second-order valence-electron chi connectivity index (χ2n) is 10.5. The van der Waals surface area contributed by atoms with Crippen LogP contribution in [0.1, 0.15) is 31.4 Å². The van der Waals surface area contributed by atoms with Gasteiger partial charge >= 0.3 is 0 Å². The molecule has 0 radical (unpaired) electrons. The molecule has 0 fully saturated rings. The average molecular weight is 742 g/mol. The molecule has 0 saturated carbocycles. The summed E-state index contributed by atoms with van der Waals surface area (Å²) in [7, 11) is -4.14. The fraction of sp³-hybridized carbons (Fsp3) is 0.235. The monoisotopic (exact) mass is 739 g/mol. The van der Waals surface area contributed by atoms with E-state index in [1.165, 1.54) is 17.0 Å². The third kappa shape index (κ3) is 8.80. The van der Waals surface area contributed by atoms with E-state index in [0.717, 1.165) is 30.8 Å². The number of benzene rings is 4. The highest BCUT2D eigenvalue weighted by molar-refractivity contribution is 9.10. The number of anilines is 1. The molecule has 0 aliphatic heterocycles. The Hall–Kier alpha value is -3.47. The number of sulfonamides is 1. The quantitative estimate of drug-likeness (QED) is 0.161. The van der Waals surface area contributed by atoms with Crippen LogP contribution in [-0.2, 0) is 32.6 Å². The second kappa shape index (κ2) is 15.5. The van der Waals surface area contributed by atoms with Gasteiger partial charge in [0.2, 0.25) is 11.8 Å². The number of halogens is 2.